The lowest BCUT2D eigenvalue weighted by Crippen LogP contribution is -2.35. The molecule has 2 aromatic heterocycles. The van der Waals surface area contributed by atoms with E-state index in [1.807, 2.05) is 13.8 Å². The number of carbonyl (C=O) groups is 1. The first-order valence-corrected chi connectivity index (χ1v) is 8.31. The fourth-order valence-electron chi connectivity index (χ4n) is 2.85. The quantitative estimate of drug-likeness (QED) is 0.742. The molecule has 0 unspecified atom stereocenters. The molecule has 0 radical (unpaired) electrons. The topological polar surface area (TPSA) is 100 Å². The van der Waals surface area contributed by atoms with Crippen molar-refractivity contribution in [3.05, 3.63) is 27.7 Å². The van der Waals surface area contributed by atoms with Crippen molar-refractivity contribution in [2.24, 2.45) is 12.5 Å². The van der Waals surface area contributed by atoms with Crippen LogP contribution in [-0.4, -0.2) is 38.9 Å². The predicted molar refractivity (Wildman–Crippen MR) is 91.1 cm³/mol. The summed E-state index contributed by atoms with van der Waals surface area (Å²) < 4.78 is 1.57. The molecular formula is C17H24N4O3. The molecule has 0 aromatic carbocycles. The number of aryl methyl sites for hydroxylation is 1. The van der Waals surface area contributed by atoms with Gasteiger partial charge < -0.3 is 10.4 Å². The number of amides is 1. The Morgan fingerprint density at radius 3 is 2.83 bits per heavy atom. The van der Waals surface area contributed by atoms with Gasteiger partial charge >= 0.3 is 0 Å². The molecule has 0 bridgehead atoms. The molecule has 1 amide bonds. The number of rotatable bonds is 6. The molecule has 0 aliphatic heterocycles. The largest absolute Gasteiger partial charge is 0.396 e. The highest BCUT2D eigenvalue weighted by atomic mass is 16.3. The van der Waals surface area contributed by atoms with Crippen molar-refractivity contribution in [2.45, 2.75) is 39.0 Å². The number of nitrogens with one attached hydrogen (secondary N) is 2. The lowest BCUT2D eigenvalue weighted by Gasteiger charge is -2.23. The predicted octanol–water partition coefficient (Wildman–Crippen LogP) is 1.28. The second-order valence-corrected chi connectivity index (χ2v) is 7.39. The molecule has 7 nitrogen and oxygen atoms in total. The zero-order chi connectivity index (χ0) is 17.5. The van der Waals surface area contributed by atoms with Crippen molar-refractivity contribution >= 4 is 16.9 Å². The van der Waals surface area contributed by atoms with E-state index >= 15 is 0 Å². The van der Waals surface area contributed by atoms with Gasteiger partial charge in [-0.3, -0.25) is 19.4 Å². The summed E-state index contributed by atoms with van der Waals surface area (Å²) in [5.41, 5.74) is 1.26. The monoisotopic (exact) mass is 332 g/mol. The van der Waals surface area contributed by atoms with Crippen molar-refractivity contribution in [1.82, 2.24) is 20.1 Å². The lowest BCUT2D eigenvalue weighted by molar-refractivity contribution is 0.0929. The van der Waals surface area contributed by atoms with E-state index < -0.39 is 0 Å². The van der Waals surface area contributed by atoms with E-state index in [0.717, 1.165) is 18.5 Å². The number of aromatic amines is 1. The van der Waals surface area contributed by atoms with Gasteiger partial charge in [-0.25, -0.2) is 4.98 Å². The highest BCUT2D eigenvalue weighted by molar-refractivity contribution is 6.05. The standard InChI is InChI=1S/C17H24N4O3/c1-17(2,6-7-22)9-18-15(23)11-8-12(10-4-5-10)19-14-13(11)16(24)20-21(14)3/h8,10,22H,4-7,9H2,1-3H3,(H,18,23)(H,20,24). The van der Waals surface area contributed by atoms with E-state index in [4.69, 9.17) is 5.11 Å². The molecule has 3 rings (SSSR count). The van der Waals surface area contributed by atoms with Gasteiger partial charge in [0.2, 0.25) is 0 Å². The lowest BCUT2D eigenvalue weighted by atomic mass is 9.89. The number of hydrogen-bond donors (Lipinski definition) is 3. The van der Waals surface area contributed by atoms with Crippen LogP contribution in [-0.2, 0) is 7.05 Å². The van der Waals surface area contributed by atoms with Crippen molar-refractivity contribution in [3.8, 4) is 0 Å². The molecule has 0 atom stereocenters. The molecule has 1 fully saturated rings. The first-order chi connectivity index (χ1) is 11.3. The van der Waals surface area contributed by atoms with Crippen molar-refractivity contribution in [3.63, 3.8) is 0 Å². The summed E-state index contributed by atoms with van der Waals surface area (Å²) in [5.74, 6) is 0.115. The zero-order valence-corrected chi connectivity index (χ0v) is 14.3. The maximum Gasteiger partial charge on any atom is 0.274 e. The Balaban J connectivity index is 1.95. The van der Waals surface area contributed by atoms with Gasteiger partial charge in [-0.05, 0) is 30.7 Å². The Hall–Kier alpha value is -2.15. The molecule has 2 heterocycles. The minimum Gasteiger partial charge on any atom is -0.396 e. The Morgan fingerprint density at radius 1 is 1.50 bits per heavy atom. The van der Waals surface area contributed by atoms with Gasteiger partial charge in [0.15, 0.2) is 5.65 Å². The number of hydrogen-bond acceptors (Lipinski definition) is 4. The maximum atomic E-state index is 12.7. The van der Waals surface area contributed by atoms with Gasteiger partial charge in [0.05, 0.1) is 10.9 Å². The molecule has 1 aliphatic rings. The molecule has 3 N–H and O–H groups in total. The van der Waals surface area contributed by atoms with E-state index in [1.54, 1.807) is 17.8 Å². The van der Waals surface area contributed by atoms with E-state index in [2.05, 4.69) is 15.4 Å². The first-order valence-electron chi connectivity index (χ1n) is 8.31. The number of aromatic nitrogens is 3. The number of nitrogens with zero attached hydrogens (tertiary/aromatic N) is 2. The highest BCUT2D eigenvalue weighted by Gasteiger charge is 2.29. The summed E-state index contributed by atoms with van der Waals surface area (Å²) in [6.45, 7) is 4.47. The Labute approximate surface area is 140 Å². The van der Waals surface area contributed by atoms with Crippen LogP contribution in [0.5, 0.6) is 0 Å². The Morgan fingerprint density at radius 2 is 2.21 bits per heavy atom. The normalized spacial score (nSPS) is 15.0. The second-order valence-electron chi connectivity index (χ2n) is 7.39. The van der Waals surface area contributed by atoms with Crippen LogP contribution in [0, 0.1) is 5.41 Å². The average Bonchev–Trinajstić information content (AvgIpc) is 3.32. The summed E-state index contributed by atoms with van der Waals surface area (Å²) in [7, 11) is 1.72. The van der Waals surface area contributed by atoms with Crippen LogP contribution in [0.15, 0.2) is 10.9 Å². The van der Waals surface area contributed by atoms with Crippen molar-refractivity contribution < 1.29 is 9.90 Å². The maximum absolute atomic E-state index is 12.7. The first kappa shape index (κ1) is 16.7. The van der Waals surface area contributed by atoms with Crippen LogP contribution < -0.4 is 10.9 Å². The van der Waals surface area contributed by atoms with Gasteiger partial charge in [0.25, 0.3) is 11.5 Å². The van der Waals surface area contributed by atoms with Gasteiger partial charge in [-0.1, -0.05) is 13.8 Å². The van der Waals surface area contributed by atoms with Gasteiger partial charge in [-0.2, -0.15) is 0 Å². The summed E-state index contributed by atoms with van der Waals surface area (Å²) >= 11 is 0. The van der Waals surface area contributed by atoms with Crippen molar-refractivity contribution in [1.29, 1.82) is 0 Å². The molecule has 1 aliphatic carbocycles. The third-order valence-electron chi connectivity index (χ3n) is 4.59. The van der Waals surface area contributed by atoms with E-state index in [9.17, 15) is 9.59 Å². The average molecular weight is 332 g/mol. The molecule has 1 saturated carbocycles. The number of carbonyl (C=O) groups excluding carboxylic acids is 1. The van der Waals surface area contributed by atoms with Crippen LogP contribution in [0.1, 0.15) is 55.1 Å². The number of aliphatic hydroxyl groups is 1. The molecule has 0 spiro atoms. The van der Waals surface area contributed by atoms with Crippen LogP contribution >= 0.6 is 0 Å². The molecule has 130 valence electrons. The number of pyridine rings is 1. The number of H-pyrrole nitrogens is 1. The summed E-state index contributed by atoms with van der Waals surface area (Å²) in [6, 6.07) is 1.75. The number of aliphatic hydroxyl groups excluding tert-OH is 1. The Bertz CT molecular complexity index is 830. The fourth-order valence-corrected chi connectivity index (χ4v) is 2.85. The zero-order valence-electron chi connectivity index (χ0n) is 14.3. The van der Waals surface area contributed by atoms with Crippen LogP contribution in [0.25, 0.3) is 11.0 Å². The third kappa shape index (κ3) is 3.21. The fraction of sp³-hybridized carbons (Fsp3) is 0.588. The van der Waals surface area contributed by atoms with Crippen molar-refractivity contribution in [2.75, 3.05) is 13.2 Å². The third-order valence-corrected chi connectivity index (χ3v) is 4.59. The SMILES string of the molecule is Cn1[nH]c(=O)c2c(C(=O)NCC(C)(C)CCO)cc(C3CC3)nc21. The van der Waals surface area contributed by atoms with Gasteiger partial charge in [-0.15, -0.1) is 0 Å². The van der Waals surface area contributed by atoms with Gasteiger partial charge in [0, 0.05) is 31.8 Å². The molecular weight excluding hydrogens is 308 g/mol. The van der Waals surface area contributed by atoms with Gasteiger partial charge in [0.1, 0.15) is 0 Å². The summed E-state index contributed by atoms with van der Waals surface area (Å²) in [5, 5.41) is 15.0. The molecule has 24 heavy (non-hydrogen) atoms. The van der Waals surface area contributed by atoms with E-state index in [-0.39, 0.29) is 23.5 Å². The molecule has 7 heteroatoms. The summed E-state index contributed by atoms with van der Waals surface area (Å²) in [4.78, 5) is 29.5. The minimum atomic E-state index is -0.304. The smallest absolute Gasteiger partial charge is 0.274 e. The molecule has 0 saturated heterocycles. The highest BCUT2D eigenvalue weighted by Crippen LogP contribution is 2.39. The molecule has 2 aromatic rings. The minimum absolute atomic E-state index is 0.0759. The van der Waals surface area contributed by atoms with Crippen LogP contribution in [0.4, 0.5) is 0 Å². The Kier molecular flexibility index (Phi) is 4.21. The second kappa shape index (κ2) is 6.05. The van der Waals surface area contributed by atoms with E-state index in [0.29, 0.717) is 35.5 Å². The van der Waals surface area contributed by atoms with E-state index in [1.165, 1.54) is 0 Å². The van der Waals surface area contributed by atoms with Crippen LogP contribution in [0.3, 0.4) is 0 Å². The number of fused-ring (bicyclic) bond motifs is 1. The summed E-state index contributed by atoms with van der Waals surface area (Å²) in [6.07, 6.45) is 2.74. The van der Waals surface area contributed by atoms with Crippen LogP contribution in [0.2, 0.25) is 0 Å².